The van der Waals surface area contributed by atoms with Crippen molar-refractivity contribution in [1.82, 2.24) is 0 Å². The summed E-state index contributed by atoms with van der Waals surface area (Å²) in [5.41, 5.74) is 0.857. The lowest BCUT2D eigenvalue weighted by Crippen LogP contribution is -2.12. The predicted molar refractivity (Wildman–Crippen MR) is 123 cm³/mol. The van der Waals surface area contributed by atoms with Crippen LogP contribution in [-0.2, 0) is 25.5 Å². The molecule has 0 aliphatic carbocycles. The number of thiophene rings is 1. The fourth-order valence-corrected chi connectivity index (χ4v) is 4.13. The quantitative estimate of drug-likeness (QED) is 0.287. The van der Waals surface area contributed by atoms with Gasteiger partial charge in [0.05, 0.1) is 24.4 Å². The van der Waals surface area contributed by atoms with E-state index in [4.69, 9.17) is 19.3 Å². The van der Waals surface area contributed by atoms with Crippen LogP contribution in [0.2, 0.25) is 0 Å². The molecule has 0 fully saturated rings. The Hall–Kier alpha value is -3.97. The van der Waals surface area contributed by atoms with E-state index in [0.29, 0.717) is 21.8 Å². The number of allylic oxidation sites excluding steroid dienone is 1. The van der Waals surface area contributed by atoms with Crippen LogP contribution in [0.15, 0.2) is 29.8 Å². The van der Waals surface area contributed by atoms with Crippen LogP contribution < -0.4 is 4.74 Å². The summed E-state index contributed by atoms with van der Waals surface area (Å²) in [6, 6.07) is 8.03. The zero-order valence-electron chi connectivity index (χ0n) is 18.9. The molecule has 0 unspecified atom stereocenters. The molecule has 1 N–H and O–H groups in total. The number of nitriles is 1. The maximum absolute atomic E-state index is 12.9. The van der Waals surface area contributed by atoms with Gasteiger partial charge in [-0.15, -0.1) is 11.3 Å². The Morgan fingerprint density at radius 3 is 2.24 bits per heavy atom. The summed E-state index contributed by atoms with van der Waals surface area (Å²) in [5, 5.41) is 18.2. The molecular formula is C24H23NO8S. The van der Waals surface area contributed by atoms with Gasteiger partial charge in [0, 0.05) is 11.3 Å². The molecule has 0 saturated heterocycles. The zero-order chi connectivity index (χ0) is 25.3. The molecular weight excluding hydrogens is 462 g/mol. The van der Waals surface area contributed by atoms with Crippen molar-refractivity contribution in [3.8, 4) is 11.8 Å². The first kappa shape index (κ1) is 26.3. The Morgan fingerprint density at radius 2 is 1.68 bits per heavy atom. The summed E-state index contributed by atoms with van der Waals surface area (Å²) in [4.78, 5) is 48.8. The fourth-order valence-electron chi connectivity index (χ4n) is 2.95. The molecule has 10 heteroatoms. The second kappa shape index (κ2) is 12.3. The van der Waals surface area contributed by atoms with E-state index in [1.807, 2.05) is 6.07 Å². The van der Waals surface area contributed by atoms with Crippen LogP contribution in [0.25, 0.3) is 6.08 Å². The van der Waals surface area contributed by atoms with Crippen LogP contribution in [0.3, 0.4) is 0 Å². The lowest BCUT2D eigenvalue weighted by molar-refractivity contribution is -0.139. The van der Waals surface area contributed by atoms with Crippen LogP contribution in [-0.4, -0.2) is 48.6 Å². The number of ether oxygens (including phenoxy) is 3. The molecule has 1 aromatic carbocycles. The number of rotatable bonds is 11. The van der Waals surface area contributed by atoms with Gasteiger partial charge in [-0.3, -0.25) is 4.79 Å². The lowest BCUT2D eigenvalue weighted by atomic mass is 10.0. The number of carbonyl (C=O) groups is 4. The molecule has 0 aliphatic heterocycles. The molecule has 0 radical (unpaired) electrons. The first-order chi connectivity index (χ1) is 16.2. The van der Waals surface area contributed by atoms with Gasteiger partial charge in [-0.1, -0.05) is 12.1 Å². The number of Topliss-reactive ketones (excluding diaryl/α,β-unsaturated/α-hetero) is 1. The largest absolute Gasteiger partial charge is 0.482 e. The van der Waals surface area contributed by atoms with E-state index < -0.39 is 30.3 Å². The predicted octanol–water partition coefficient (Wildman–Crippen LogP) is 3.59. The van der Waals surface area contributed by atoms with E-state index in [1.54, 1.807) is 32.9 Å². The first-order valence-electron chi connectivity index (χ1n) is 10.3. The van der Waals surface area contributed by atoms with Gasteiger partial charge in [0.25, 0.3) is 0 Å². The molecule has 0 atom stereocenters. The van der Waals surface area contributed by atoms with Crippen molar-refractivity contribution in [1.29, 1.82) is 5.26 Å². The molecule has 34 heavy (non-hydrogen) atoms. The lowest BCUT2D eigenvalue weighted by Gasteiger charge is -2.05. The minimum absolute atomic E-state index is 0.117. The van der Waals surface area contributed by atoms with Crippen molar-refractivity contribution in [2.75, 3.05) is 19.8 Å². The average molecular weight is 486 g/mol. The number of hydrogen-bond donors (Lipinski definition) is 1. The fraction of sp³-hybridized carbons (Fsp3) is 0.292. The van der Waals surface area contributed by atoms with E-state index in [9.17, 15) is 24.4 Å². The standard InChI is InChI=1S/C24H23NO8S/c1-4-31-23(29)21-14(3)22(24(30)32-5-2)34-19(21)11-18(26)16(12-25)10-15-6-8-17(9-7-15)33-13-20(27)28/h6-10H,4-5,11,13H2,1-3H3,(H,27,28)/b16-10+. The maximum atomic E-state index is 12.9. The third kappa shape index (κ3) is 6.76. The van der Waals surface area contributed by atoms with Gasteiger partial charge >= 0.3 is 17.9 Å². The van der Waals surface area contributed by atoms with Crippen LogP contribution in [0, 0.1) is 18.3 Å². The second-order valence-electron chi connectivity index (χ2n) is 6.82. The van der Waals surface area contributed by atoms with Crippen molar-refractivity contribution >= 4 is 41.1 Å². The number of nitrogens with zero attached hydrogens (tertiary/aromatic N) is 1. The Kier molecular flexibility index (Phi) is 9.52. The molecule has 9 nitrogen and oxygen atoms in total. The van der Waals surface area contributed by atoms with Crippen LogP contribution >= 0.6 is 11.3 Å². The summed E-state index contributed by atoms with van der Waals surface area (Å²) in [6.45, 7) is 4.66. The number of carboxylic acids is 1. The third-order valence-corrected chi connectivity index (χ3v) is 5.73. The highest BCUT2D eigenvalue weighted by Gasteiger charge is 2.28. The Bertz CT molecular complexity index is 1150. The molecule has 1 heterocycles. The molecule has 2 rings (SSSR count). The normalized spacial score (nSPS) is 10.8. The summed E-state index contributed by atoms with van der Waals surface area (Å²) in [5.74, 6) is -2.59. The van der Waals surface area contributed by atoms with E-state index in [0.717, 1.165) is 11.3 Å². The molecule has 0 bridgehead atoms. The highest BCUT2D eigenvalue weighted by atomic mass is 32.1. The molecule has 1 aromatic heterocycles. The summed E-state index contributed by atoms with van der Waals surface area (Å²) < 4.78 is 15.2. The molecule has 0 amide bonds. The van der Waals surface area contributed by atoms with E-state index in [2.05, 4.69) is 0 Å². The minimum atomic E-state index is -1.11. The van der Waals surface area contributed by atoms with Crippen molar-refractivity contribution < 1.29 is 38.5 Å². The van der Waals surface area contributed by atoms with Crippen LogP contribution in [0.4, 0.5) is 0 Å². The van der Waals surface area contributed by atoms with Crippen molar-refractivity contribution in [3.05, 3.63) is 56.3 Å². The van der Waals surface area contributed by atoms with E-state index in [-0.39, 0.29) is 35.6 Å². The van der Waals surface area contributed by atoms with Crippen LogP contribution in [0.1, 0.15) is 49.9 Å². The van der Waals surface area contributed by atoms with Gasteiger partial charge in [-0.2, -0.15) is 5.26 Å². The Labute approximate surface area is 200 Å². The number of hydrogen-bond acceptors (Lipinski definition) is 9. The molecule has 0 saturated carbocycles. The SMILES string of the molecule is CCOC(=O)c1sc(CC(=O)/C(C#N)=C/c2ccc(OCC(=O)O)cc2)c(C(=O)OCC)c1C. The summed E-state index contributed by atoms with van der Waals surface area (Å²) >= 11 is 0.963. The zero-order valence-corrected chi connectivity index (χ0v) is 19.7. The minimum Gasteiger partial charge on any atom is -0.482 e. The highest BCUT2D eigenvalue weighted by molar-refractivity contribution is 7.14. The number of ketones is 1. The smallest absolute Gasteiger partial charge is 0.348 e. The molecule has 178 valence electrons. The van der Waals surface area contributed by atoms with Crippen molar-refractivity contribution in [2.45, 2.75) is 27.2 Å². The van der Waals surface area contributed by atoms with Gasteiger partial charge in [-0.25, -0.2) is 14.4 Å². The number of aliphatic carboxylic acids is 1. The van der Waals surface area contributed by atoms with Gasteiger partial charge < -0.3 is 19.3 Å². The molecule has 2 aromatic rings. The highest BCUT2D eigenvalue weighted by Crippen LogP contribution is 2.31. The number of esters is 2. The Morgan fingerprint density at radius 1 is 1.06 bits per heavy atom. The van der Waals surface area contributed by atoms with Gasteiger partial charge in [0.1, 0.15) is 16.7 Å². The van der Waals surface area contributed by atoms with Crippen molar-refractivity contribution in [2.24, 2.45) is 0 Å². The number of benzene rings is 1. The number of carboxylic acid groups (broad SMARTS) is 1. The monoisotopic (exact) mass is 485 g/mol. The summed E-state index contributed by atoms with van der Waals surface area (Å²) in [7, 11) is 0. The van der Waals surface area contributed by atoms with Gasteiger partial charge in [0.15, 0.2) is 12.4 Å². The van der Waals surface area contributed by atoms with Crippen LogP contribution in [0.5, 0.6) is 5.75 Å². The Balaban J connectivity index is 2.32. The van der Waals surface area contributed by atoms with Crippen molar-refractivity contribution in [3.63, 3.8) is 0 Å². The first-order valence-corrected chi connectivity index (χ1v) is 11.1. The van der Waals surface area contributed by atoms with Gasteiger partial charge in [-0.05, 0) is 50.1 Å². The third-order valence-electron chi connectivity index (χ3n) is 4.46. The summed E-state index contributed by atoms with van der Waals surface area (Å²) in [6.07, 6.45) is 1.10. The topological polar surface area (TPSA) is 140 Å². The maximum Gasteiger partial charge on any atom is 0.348 e. The van der Waals surface area contributed by atoms with Gasteiger partial charge in [0.2, 0.25) is 0 Å². The second-order valence-corrected chi connectivity index (χ2v) is 7.92. The average Bonchev–Trinajstić information content (AvgIpc) is 3.12. The molecule has 0 aliphatic rings. The molecule has 0 spiro atoms. The van der Waals surface area contributed by atoms with E-state index >= 15 is 0 Å². The van der Waals surface area contributed by atoms with E-state index in [1.165, 1.54) is 18.2 Å². The number of carbonyl (C=O) groups excluding carboxylic acids is 3.